The second-order valence-electron chi connectivity index (χ2n) is 8.91. The van der Waals surface area contributed by atoms with Crippen LogP contribution in [0.5, 0.6) is 5.75 Å². The van der Waals surface area contributed by atoms with Crippen LogP contribution in [-0.2, 0) is 13.1 Å². The first-order valence-electron chi connectivity index (χ1n) is 11.4. The van der Waals surface area contributed by atoms with Gasteiger partial charge < -0.3 is 20.3 Å². The Morgan fingerprint density at radius 1 is 1.26 bits per heavy atom. The monoisotopic (exact) mass is 466 g/mol. The van der Waals surface area contributed by atoms with Gasteiger partial charge in [0, 0.05) is 17.8 Å². The highest BCUT2D eigenvalue weighted by molar-refractivity contribution is 5.93. The zero-order valence-electron chi connectivity index (χ0n) is 19.4. The molecule has 0 unspecified atom stereocenters. The molecule has 0 bridgehead atoms. The first-order valence-corrected chi connectivity index (χ1v) is 11.4. The Bertz CT molecular complexity index is 1140. The van der Waals surface area contributed by atoms with Gasteiger partial charge in [0.2, 0.25) is 5.82 Å². The van der Waals surface area contributed by atoms with Crippen LogP contribution in [0.2, 0.25) is 0 Å². The van der Waals surface area contributed by atoms with Crippen molar-refractivity contribution >= 4 is 5.91 Å². The first kappa shape index (κ1) is 23.8. The number of benzene rings is 1. The van der Waals surface area contributed by atoms with Gasteiger partial charge in [0.1, 0.15) is 11.4 Å². The number of pyridine rings is 1. The second kappa shape index (κ2) is 10.3. The number of aryl methyl sites for hydroxylation is 1. The Hall–Kier alpha value is -3.37. The van der Waals surface area contributed by atoms with Gasteiger partial charge in [-0.2, -0.15) is 4.80 Å². The lowest BCUT2D eigenvalue weighted by Gasteiger charge is -2.34. The van der Waals surface area contributed by atoms with Crippen molar-refractivity contribution in [3.8, 4) is 17.1 Å². The molecule has 34 heavy (non-hydrogen) atoms. The minimum atomic E-state index is -0.963. The van der Waals surface area contributed by atoms with E-state index in [1.165, 1.54) is 0 Å². The molecular formula is C24H30N6O4. The highest BCUT2D eigenvalue weighted by Gasteiger charge is 2.32. The van der Waals surface area contributed by atoms with Crippen LogP contribution in [0.4, 0.5) is 0 Å². The fraction of sp³-hybridized carbons (Fsp3) is 0.458. The van der Waals surface area contributed by atoms with Crippen LogP contribution in [0.3, 0.4) is 0 Å². The van der Waals surface area contributed by atoms with Gasteiger partial charge in [0.05, 0.1) is 25.9 Å². The molecule has 0 radical (unpaired) electrons. The van der Waals surface area contributed by atoms with Crippen LogP contribution in [0.15, 0.2) is 36.4 Å². The van der Waals surface area contributed by atoms with Gasteiger partial charge in [0.15, 0.2) is 0 Å². The van der Waals surface area contributed by atoms with Gasteiger partial charge in [-0.25, -0.2) is 4.98 Å². The highest BCUT2D eigenvalue weighted by atomic mass is 16.5. The molecule has 3 N–H and O–H groups in total. The number of hydrogen-bond acceptors (Lipinski definition) is 8. The number of aliphatic hydroxyl groups excluding tert-OH is 1. The number of aliphatic hydroxyl groups is 2. The molecule has 2 heterocycles. The van der Waals surface area contributed by atoms with E-state index in [1.54, 1.807) is 18.0 Å². The van der Waals surface area contributed by atoms with E-state index in [0.29, 0.717) is 48.9 Å². The third kappa shape index (κ3) is 5.75. The van der Waals surface area contributed by atoms with Gasteiger partial charge in [-0.15, -0.1) is 10.2 Å². The third-order valence-corrected chi connectivity index (χ3v) is 6.24. The summed E-state index contributed by atoms with van der Waals surface area (Å²) in [5, 5.41) is 35.2. The fourth-order valence-corrected chi connectivity index (χ4v) is 4.19. The summed E-state index contributed by atoms with van der Waals surface area (Å²) < 4.78 is 5.22. The summed E-state index contributed by atoms with van der Waals surface area (Å²) in [4.78, 5) is 18.7. The van der Waals surface area contributed by atoms with Crippen LogP contribution in [0.25, 0.3) is 11.4 Å². The van der Waals surface area contributed by atoms with E-state index >= 15 is 0 Å². The molecule has 2 aromatic heterocycles. The van der Waals surface area contributed by atoms with Crippen molar-refractivity contribution in [2.45, 2.75) is 51.3 Å². The molecule has 0 spiro atoms. The zero-order chi connectivity index (χ0) is 24.1. The number of rotatable bonds is 8. The van der Waals surface area contributed by atoms with E-state index in [-0.39, 0.29) is 18.2 Å². The summed E-state index contributed by atoms with van der Waals surface area (Å²) in [6, 6.07) is 11.0. The standard InChI is InChI=1S/C24H30N6O4/c1-16-10-19(12-21(26-16)23(32)25-13-18-4-3-5-20(11-18)34-2)22-27-29-30(28-22)14-17-6-8-24(33,15-31)9-7-17/h3-5,10-12,17,31,33H,6-9,13-15H2,1-2H3,(H,25,32). The Kier molecular flexibility index (Phi) is 7.18. The number of carbonyl (C=O) groups excluding carboxylic acids is 1. The SMILES string of the molecule is COc1cccc(CNC(=O)c2cc(-c3nnn(CC4CCC(O)(CO)CC4)n3)cc(C)n2)c1. The molecular weight excluding hydrogens is 436 g/mol. The predicted molar refractivity (Wildman–Crippen MR) is 124 cm³/mol. The van der Waals surface area contributed by atoms with E-state index in [1.807, 2.05) is 37.3 Å². The fourth-order valence-electron chi connectivity index (χ4n) is 4.19. The molecule has 0 aliphatic heterocycles. The minimum absolute atomic E-state index is 0.206. The lowest BCUT2D eigenvalue weighted by atomic mass is 9.79. The quantitative estimate of drug-likeness (QED) is 0.458. The van der Waals surface area contributed by atoms with E-state index in [4.69, 9.17) is 4.74 Å². The molecule has 0 saturated heterocycles. The van der Waals surface area contributed by atoms with Gasteiger partial charge in [-0.1, -0.05) is 12.1 Å². The number of amides is 1. The predicted octanol–water partition coefficient (Wildman–Crippen LogP) is 1.90. The number of nitrogens with zero attached hydrogens (tertiary/aromatic N) is 5. The largest absolute Gasteiger partial charge is 0.497 e. The van der Waals surface area contributed by atoms with Gasteiger partial charge in [-0.3, -0.25) is 4.79 Å². The normalized spacial score (nSPS) is 20.2. The van der Waals surface area contributed by atoms with Crippen LogP contribution >= 0.6 is 0 Å². The molecule has 10 heteroatoms. The maximum atomic E-state index is 12.7. The van der Waals surface area contributed by atoms with Gasteiger partial charge >= 0.3 is 0 Å². The molecule has 1 amide bonds. The lowest BCUT2D eigenvalue weighted by molar-refractivity contribution is -0.0535. The number of aromatic nitrogens is 5. The number of nitrogens with one attached hydrogen (secondary N) is 1. The van der Waals surface area contributed by atoms with E-state index in [9.17, 15) is 15.0 Å². The maximum absolute atomic E-state index is 12.7. The van der Waals surface area contributed by atoms with Gasteiger partial charge in [-0.05, 0) is 73.6 Å². The smallest absolute Gasteiger partial charge is 0.270 e. The summed E-state index contributed by atoms with van der Waals surface area (Å²) >= 11 is 0. The van der Waals surface area contributed by atoms with Crippen LogP contribution in [0, 0.1) is 12.8 Å². The van der Waals surface area contributed by atoms with E-state index < -0.39 is 5.60 Å². The molecule has 1 aromatic carbocycles. The molecule has 1 aliphatic carbocycles. The van der Waals surface area contributed by atoms with Crippen LogP contribution < -0.4 is 10.1 Å². The van der Waals surface area contributed by atoms with Gasteiger partial charge in [0.25, 0.3) is 5.91 Å². The topological polar surface area (TPSA) is 135 Å². The molecule has 1 fully saturated rings. The van der Waals surface area contributed by atoms with Crippen molar-refractivity contribution in [3.05, 3.63) is 53.3 Å². The van der Waals surface area contributed by atoms with E-state index in [0.717, 1.165) is 24.2 Å². The second-order valence-corrected chi connectivity index (χ2v) is 8.91. The maximum Gasteiger partial charge on any atom is 0.270 e. The number of tetrazole rings is 1. The average molecular weight is 467 g/mol. The molecule has 0 atom stereocenters. The zero-order valence-corrected chi connectivity index (χ0v) is 19.4. The first-order chi connectivity index (χ1) is 16.4. The third-order valence-electron chi connectivity index (χ3n) is 6.24. The number of ether oxygens (including phenoxy) is 1. The Labute approximate surface area is 198 Å². The summed E-state index contributed by atoms with van der Waals surface area (Å²) in [5.41, 5.74) is 1.59. The van der Waals surface area contributed by atoms with Crippen LogP contribution in [-0.4, -0.2) is 60.6 Å². The summed E-state index contributed by atoms with van der Waals surface area (Å²) in [5.74, 6) is 1.17. The summed E-state index contributed by atoms with van der Waals surface area (Å²) in [6.07, 6.45) is 2.71. The van der Waals surface area contributed by atoms with Crippen molar-refractivity contribution < 1.29 is 19.7 Å². The average Bonchev–Trinajstić information content (AvgIpc) is 3.32. The van der Waals surface area contributed by atoms with E-state index in [2.05, 4.69) is 25.7 Å². The number of carbonyl (C=O) groups is 1. The number of hydrogen-bond donors (Lipinski definition) is 3. The molecule has 3 aromatic rings. The highest BCUT2D eigenvalue weighted by Crippen LogP contribution is 2.32. The lowest BCUT2D eigenvalue weighted by Crippen LogP contribution is -2.38. The van der Waals surface area contributed by atoms with Crippen molar-refractivity contribution in [2.75, 3.05) is 13.7 Å². The molecule has 10 nitrogen and oxygen atoms in total. The minimum Gasteiger partial charge on any atom is -0.497 e. The Balaban J connectivity index is 1.41. The summed E-state index contributed by atoms with van der Waals surface area (Å²) in [6.45, 7) is 2.55. The Morgan fingerprint density at radius 3 is 2.79 bits per heavy atom. The van der Waals surface area contributed by atoms with Crippen molar-refractivity contribution in [2.24, 2.45) is 5.92 Å². The van der Waals surface area contributed by atoms with Crippen molar-refractivity contribution in [1.29, 1.82) is 0 Å². The molecule has 1 aliphatic rings. The van der Waals surface area contributed by atoms with Crippen molar-refractivity contribution in [3.63, 3.8) is 0 Å². The van der Waals surface area contributed by atoms with Crippen molar-refractivity contribution in [1.82, 2.24) is 30.5 Å². The number of methoxy groups -OCH3 is 1. The molecule has 180 valence electrons. The molecule has 1 saturated carbocycles. The molecule has 4 rings (SSSR count). The summed E-state index contributed by atoms with van der Waals surface area (Å²) in [7, 11) is 1.60. The van der Waals surface area contributed by atoms with Crippen LogP contribution in [0.1, 0.15) is 47.4 Å². The Morgan fingerprint density at radius 2 is 2.06 bits per heavy atom.